The minimum atomic E-state index is 0.551. The molecule has 108 valence electrons. The van der Waals surface area contributed by atoms with Crippen molar-refractivity contribution >= 4 is 40.1 Å². The lowest BCUT2D eigenvalue weighted by atomic mass is 10.2. The second kappa shape index (κ2) is 5.57. The van der Waals surface area contributed by atoms with Crippen LogP contribution in [-0.4, -0.2) is 26.7 Å². The van der Waals surface area contributed by atoms with Crippen molar-refractivity contribution < 1.29 is 0 Å². The zero-order chi connectivity index (χ0) is 14.8. The van der Waals surface area contributed by atoms with Gasteiger partial charge in [-0.05, 0) is 31.5 Å². The molecule has 7 heteroatoms. The third-order valence-electron chi connectivity index (χ3n) is 3.08. The average molecular weight is 303 g/mol. The highest BCUT2D eigenvalue weighted by Crippen LogP contribution is 2.26. The molecule has 0 fully saturated rings. The molecule has 3 aromatic rings. The predicted molar refractivity (Wildman–Crippen MR) is 85.3 cm³/mol. The van der Waals surface area contributed by atoms with Crippen LogP contribution in [0.25, 0.3) is 11.0 Å². The third kappa shape index (κ3) is 2.75. The first kappa shape index (κ1) is 13.6. The van der Waals surface area contributed by atoms with E-state index in [0.29, 0.717) is 22.4 Å². The number of H-pyrrole nitrogens is 1. The third-order valence-corrected chi connectivity index (χ3v) is 3.49. The Morgan fingerprint density at radius 3 is 2.90 bits per heavy atom. The van der Waals surface area contributed by atoms with Crippen LogP contribution < -0.4 is 10.6 Å². The van der Waals surface area contributed by atoms with E-state index in [0.717, 1.165) is 23.2 Å². The number of aryl methyl sites for hydroxylation is 1. The molecule has 3 rings (SSSR count). The van der Waals surface area contributed by atoms with Gasteiger partial charge in [-0.15, -0.1) is 0 Å². The van der Waals surface area contributed by atoms with Crippen LogP contribution in [0.3, 0.4) is 0 Å². The van der Waals surface area contributed by atoms with Crippen molar-refractivity contribution in [2.45, 2.75) is 13.8 Å². The lowest BCUT2D eigenvalue weighted by Crippen LogP contribution is -2.04. The fourth-order valence-corrected chi connectivity index (χ4v) is 2.16. The minimum absolute atomic E-state index is 0.551. The number of rotatable bonds is 4. The number of anilines is 3. The van der Waals surface area contributed by atoms with E-state index in [9.17, 15) is 0 Å². The number of aromatic nitrogens is 4. The van der Waals surface area contributed by atoms with Crippen LogP contribution in [-0.2, 0) is 0 Å². The van der Waals surface area contributed by atoms with Gasteiger partial charge < -0.3 is 10.6 Å². The van der Waals surface area contributed by atoms with Gasteiger partial charge in [-0.2, -0.15) is 15.1 Å². The van der Waals surface area contributed by atoms with Crippen LogP contribution in [0.4, 0.5) is 17.5 Å². The fourth-order valence-electron chi connectivity index (χ4n) is 1.97. The number of fused-ring (bicyclic) bond motifs is 1. The molecule has 0 atom stereocenters. The molecule has 3 N–H and O–H groups in total. The molecule has 0 aliphatic carbocycles. The summed E-state index contributed by atoms with van der Waals surface area (Å²) in [5.74, 6) is 1.24. The maximum absolute atomic E-state index is 6.15. The fraction of sp³-hybridized carbons (Fsp3) is 0.214. The number of hydrogen-bond donors (Lipinski definition) is 3. The van der Waals surface area contributed by atoms with Crippen LogP contribution in [0.2, 0.25) is 5.02 Å². The Balaban J connectivity index is 2.01. The molecular weight excluding hydrogens is 288 g/mol. The van der Waals surface area contributed by atoms with Crippen LogP contribution >= 0.6 is 11.6 Å². The molecule has 2 heterocycles. The summed E-state index contributed by atoms with van der Waals surface area (Å²) < 4.78 is 0. The average Bonchev–Trinajstić information content (AvgIpc) is 2.92. The number of hydrogen-bond acceptors (Lipinski definition) is 5. The zero-order valence-electron chi connectivity index (χ0n) is 11.7. The van der Waals surface area contributed by atoms with E-state index in [2.05, 4.69) is 30.8 Å². The van der Waals surface area contributed by atoms with Gasteiger partial charge in [0.15, 0.2) is 5.65 Å². The summed E-state index contributed by atoms with van der Waals surface area (Å²) in [6.07, 6.45) is 1.70. The van der Waals surface area contributed by atoms with Crippen LogP contribution in [0.1, 0.15) is 12.5 Å². The molecule has 0 radical (unpaired) electrons. The van der Waals surface area contributed by atoms with Crippen LogP contribution in [0, 0.1) is 6.92 Å². The summed E-state index contributed by atoms with van der Waals surface area (Å²) in [7, 11) is 0. The lowest BCUT2D eigenvalue weighted by Gasteiger charge is -2.10. The van der Waals surface area contributed by atoms with Gasteiger partial charge in [0, 0.05) is 17.3 Å². The Labute approximate surface area is 127 Å². The number of aromatic amines is 1. The Kier molecular flexibility index (Phi) is 3.62. The van der Waals surface area contributed by atoms with Crippen LogP contribution in [0.15, 0.2) is 24.4 Å². The van der Waals surface area contributed by atoms with E-state index < -0.39 is 0 Å². The quantitative estimate of drug-likeness (QED) is 0.687. The van der Waals surface area contributed by atoms with E-state index in [1.807, 2.05) is 32.0 Å². The first-order chi connectivity index (χ1) is 10.2. The van der Waals surface area contributed by atoms with Gasteiger partial charge in [-0.1, -0.05) is 17.7 Å². The van der Waals surface area contributed by atoms with E-state index in [-0.39, 0.29) is 0 Å². The summed E-state index contributed by atoms with van der Waals surface area (Å²) in [4.78, 5) is 8.83. The van der Waals surface area contributed by atoms with Gasteiger partial charge in [0.05, 0.1) is 11.6 Å². The highest BCUT2D eigenvalue weighted by Gasteiger charge is 2.10. The Hall–Kier alpha value is -2.34. The summed E-state index contributed by atoms with van der Waals surface area (Å²) in [6.45, 7) is 4.71. The summed E-state index contributed by atoms with van der Waals surface area (Å²) in [5, 5.41) is 14.8. The van der Waals surface area contributed by atoms with Gasteiger partial charge in [-0.25, -0.2) is 0 Å². The van der Waals surface area contributed by atoms with Crippen molar-refractivity contribution in [2.75, 3.05) is 17.2 Å². The number of benzene rings is 1. The monoisotopic (exact) mass is 302 g/mol. The van der Waals surface area contributed by atoms with Crippen molar-refractivity contribution in [3.05, 3.63) is 35.0 Å². The molecule has 0 saturated carbocycles. The highest BCUT2D eigenvalue weighted by atomic mass is 35.5. The van der Waals surface area contributed by atoms with Gasteiger partial charge in [-0.3, -0.25) is 5.10 Å². The summed E-state index contributed by atoms with van der Waals surface area (Å²) in [6, 6.07) is 5.80. The number of halogens is 1. The molecule has 21 heavy (non-hydrogen) atoms. The molecule has 6 nitrogen and oxygen atoms in total. The second-order valence-corrected chi connectivity index (χ2v) is 5.05. The summed E-state index contributed by atoms with van der Waals surface area (Å²) >= 11 is 6.15. The summed E-state index contributed by atoms with van der Waals surface area (Å²) in [5.41, 5.74) is 2.59. The van der Waals surface area contributed by atoms with Crippen molar-refractivity contribution in [3.8, 4) is 0 Å². The normalized spacial score (nSPS) is 10.8. The molecule has 0 bridgehead atoms. The van der Waals surface area contributed by atoms with Crippen LogP contribution in [0.5, 0.6) is 0 Å². The Bertz CT molecular complexity index is 782. The zero-order valence-corrected chi connectivity index (χ0v) is 12.5. The maximum atomic E-state index is 6.15. The predicted octanol–water partition coefficient (Wildman–Crippen LogP) is 3.49. The highest BCUT2D eigenvalue weighted by molar-refractivity contribution is 6.31. The second-order valence-electron chi connectivity index (χ2n) is 4.65. The molecular formula is C14H15ClN6. The maximum Gasteiger partial charge on any atom is 0.226 e. The molecule has 1 aromatic carbocycles. The van der Waals surface area contributed by atoms with Gasteiger partial charge in [0.25, 0.3) is 0 Å². The first-order valence-electron chi connectivity index (χ1n) is 6.65. The molecule has 0 unspecified atom stereocenters. The molecule has 0 aliphatic rings. The standard InChI is InChI=1S/C14H15ClN6/c1-3-16-14-19-12(10-7-17-21-13(10)20-14)18-9-5-4-8(2)11(15)6-9/h4-7H,3H2,1-2H3,(H3,16,17,18,19,20,21). The minimum Gasteiger partial charge on any atom is -0.354 e. The molecule has 0 amide bonds. The SMILES string of the molecule is CCNc1nc(Nc2ccc(C)c(Cl)c2)c2cn[nH]c2n1. The van der Waals surface area contributed by atoms with Gasteiger partial charge in [0.2, 0.25) is 5.95 Å². The van der Waals surface area contributed by atoms with Crippen molar-refractivity contribution in [1.82, 2.24) is 20.2 Å². The number of nitrogens with one attached hydrogen (secondary N) is 3. The Morgan fingerprint density at radius 2 is 2.14 bits per heavy atom. The molecule has 0 spiro atoms. The van der Waals surface area contributed by atoms with Gasteiger partial charge >= 0.3 is 0 Å². The largest absolute Gasteiger partial charge is 0.354 e. The van der Waals surface area contributed by atoms with E-state index in [1.54, 1.807) is 6.20 Å². The lowest BCUT2D eigenvalue weighted by molar-refractivity contribution is 1.07. The molecule has 0 saturated heterocycles. The molecule has 2 aromatic heterocycles. The first-order valence-corrected chi connectivity index (χ1v) is 7.03. The van der Waals surface area contributed by atoms with E-state index >= 15 is 0 Å². The van der Waals surface area contributed by atoms with E-state index in [1.165, 1.54) is 0 Å². The van der Waals surface area contributed by atoms with Crippen molar-refractivity contribution in [3.63, 3.8) is 0 Å². The smallest absolute Gasteiger partial charge is 0.226 e. The Morgan fingerprint density at radius 1 is 1.29 bits per heavy atom. The topological polar surface area (TPSA) is 78.5 Å². The molecule has 0 aliphatic heterocycles. The van der Waals surface area contributed by atoms with E-state index in [4.69, 9.17) is 11.6 Å². The van der Waals surface area contributed by atoms with Gasteiger partial charge in [0.1, 0.15) is 5.82 Å². The number of nitrogens with zero attached hydrogens (tertiary/aromatic N) is 3. The van der Waals surface area contributed by atoms with Crippen molar-refractivity contribution in [2.24, 2.45) is 0 Å². The van der Waals surface area contributed by atoms with Crippen molar-refractivity contribution in [1.29, 1.82) is 0 Å².